The Morgan fingerprint density at radius 1 is 1.14 bits per heavy atom. The first-order valence-electron chi connectivity index (χ1n) is 8.60. The van der Waals surface area contributed by atoms with Crippen LogP contribution >= 0.6 is 15.9 Å². The van der Waals surface area contributed by atoms with E-state index < -0.39 is 23.2 Å². The highest BCUT2D eigenvalue weighted by Gasteiger charge is 2.60. The van der Waals surface area contributed by atoms with Crippen LogP contribution in [0.3, 0.4) is 0 Å². The van der Waals surface area contributed by atoms with E-state index in [2.05, 4.69) is 26.5 Å². The van der Waals surface area contributed by atoms with Crippen molar-refractivity contribution in [1.29, 1.82) is 0 Å². The van der Waals surface area contributed by atoms with Gasteiger partial charge >= 0.3 is 11.9 Å². The SMILES string of the molecule is CCOC(=O)[C@]1(C)/C(=N/Nc2ccc(Br)cc2)C(=O)C(=O)N1c1ccccc1. The number of hydrogen-bond donors (Lipinski definition) is 1. The Bertz CT molecular complexity index is 944. The van der Waals surface area contributed by atoms with Crippen molar-refractivity contribution in [3.63, 3.8) is 0 Å². The third-order valence-electron chi connectivity index (χ3n) is 4.35. The van der Waals surface area contributed by atoms with Crippen molar-refractivity contribution in [2.24, 2.45) is 5.10 Å². The fraction of sp³-hybridized carbons (Fsp3) is 0.200. The second-order valence-electron chi connectivity index (χ2n) is 6.18. The van der Waals surface area contributed by atoms with Crippen LogP contribution in [0.5, 0.6) is 0 Å². The van der Waals surface area contributed by atoms with E-state index in [-0.39, 0.29) is 12.3 Å². The Kier molecular flexibility index (Phi) is 5.60. The molecular formula is C20H18BrN3O4. The Balaban J connectivity index is 2.07. The van der Waals surface area contributed by atoms with Gasteiger partial charge in [-0.1, -0.05) is 34.1 Å². The zero-order valence-electron chi connectivity index (χ0n) is 15.3. The third-order valence-corrected chi connectivity index (χ3v) is 4.88. The van der Waals surface area contributed by atoms with Crippen molar-refractivity contribution in [3.05, 3.63) is 59.1 Å². The first-order valence-corrected chi connectivity index (χ1v) is 9.39. The lowest BCUT2D eigenvalue weighted by Gasteiger charge is -2.31. The van der Waals surface area contributed by atoms with Crippen molar-refractivity contribution in [1.82, 2.24) is 0 Å². The van der Waals surface area contributed by atoms with Crippen molar-refractivity contribution in [3.8, 4) is 0 Å². The molecule has 28 heavy (non-hydrogen) atoms. The van der Waals surface area contributed by atoms with Crippen LogP contribution < -0.4 is 10.3 Å². The molecule has 0 bridgehead atoms. The van der Waals surface area contributed by atoms with E-state index >= 15 is 0 Å². The van der Waals surface area contributed by atoms with E-state index in [0.717, 1.165) is 9.37 Å². The predicted octanol–water partition coefficient (Wildman–Crippen LogP) is 3.15. The number of anilines is 2. The van der Waals surface area contributed by atoms with Gasteiger partial charge in [-0.15, -0.1) is 0 Å². The third kappa shape index (κ3) is 3.43. The number of nitrogens with one attached hydrogen (secondary N) is 1. The molecule has 1 aliphatic rings. The molecule has 1 saturated heterocycles. The molecule has 1 atom stereocenters. The number of carbonyl (C=O) groups is 3. The van der Waals surface area contributed by atoms with Gasteiger partial charge in [-0.2, -0.15) is 5.10 Å². The van der Waals surface area contributed by atoms with Crippen LogP contribution in [-0.2, 0) is 19.1 Å². The summed E-state index contributed by atoms with van der Waals surface area (Å²) in [7, 11) is 0. The smallest absolute Gasteiger partial charge is 0.338 e. The molecule has 1 N–H and O–H groups in total. The summed E-state index contributed by atoms with van der Waals surface area (Å²) in [5, 5.41) is 4.13. The highest BCUT2D eigenvalue weighted by Crippen LogP contribution is 2.33. The molecule has 8 heteroatoms. The van der Waals surface area contributed by atoms with Gasteiger partial charge in [0.15, 0.2) is 11.3 Å². The standard InChI is InChI=1S/C20H18BrN3O4/c1-3-28-19(27)20(2)17(23-22-14-11-9-13(21)10-12-14)16(25)18(26)24(20)15-7-5-4-6-8-15/h4-12,22H,3H2,1-2H3/b23-17+/t20-/m0/s1. The number of ether oxygens (including phenoxy) is 1. The highest BCUT2D eigenvalue weighted by atomic mass is 79.9. The molecule has 1 heterocycles. The lowest BCUT2D eigenvalue weighted by atomic mass is 9.95. The topological polar surface area (TPSA) is 88.1 Å². The Morgan fingerprint density at radius 3 is 2.39 bits per heavy atom. The van der Waals surface area contributed by atoms with E-state index in [4.69, 9.17) is 4.74 Å². The number of Topliss-reactive ketones (excluding diaryl/α,β-unsaturated/α-hetero) is 1. The van der Waals surface area contributed by atoms with Gasteiger partial charge in [0.25, 0.3) is 5.78 Å². The Labute approximate surface area is 170 Å². The second kappa shape index (κ2) is 7.93. The van der Waals surface area contributed by atoms with Crippen LogP contribution in [-0.4, -0.2) is 35.5 Å². The highest BCUT2D eigenvalue weighted by molar-refractivity contribution is 9.10. The van der Waals surface area contributed by atoms with E-state index in [1.165, 1.54) is 6.92 Å². The lowest BCUT2D eigenvalue weighted by Crippen LogP contribution is -2.55. The molecule has 0 radical (unpaired) electrons. The number of carbonyl (C=O) groups excluding carboxylic acids is 3. The molecule has 3 rings (SSSR count). The number of para-hydroxylation sites is 1. The van der Waals surface area contributed by atoms with Crippen LogP contribution in [0, 0.1) is 0 Å². The zero-order chi connectivity index (χ0) is 20.3. The molecule has 0 unspecified atom stereocenters. The first kappa shape index (κ1) is 19.8. The van der Waals surface area contributed by atoms with Crippen LogP contribution in [0.25, 0.3) is 0 Å². The average molecular weight is 444 g/mol. The minimum absolute atomic E-state index is 0.104. The largest absolute Gasteiger partial charge is 0.464 e. The maximum absolute atomic E-state index is 12.8. The summed E-state index contributed by atoms with van der Waals surface area (Å²) in [6.45, 7) is 3.22. The quantitative estimate of drug-likeness (QED) is 0.435. The van der Waals surface area contributed by atoms with Gasteiger partial charge in [-0.25, -0.2) is 4.79 Å². The Morgan fingerprint density at radius 2 is 1.79 bits per heavy atom. The molecule has 2 aromatic rings. The van der Waals surface area contributed by atoms with E-state index in [9.17, 15) is 14.4 Å². The van der Waals surface area contributed by atoms with Crippen molar-refractivity contribution < 1.29 is 19.1 Å². The summed E-state index contributed by atoms with van der Waals surface area (Å²) in [5.41, 5.74) is 1.85. The molecule has 0 spiro atoms. The zero-order valence-corrected chi connectivity index (χ0v) is 16.9. The van der Waals surface area contributed by atoms with Gasteiger partial charge in [0.05, 0.1) is 12.3 Å². The summed E-state index contributed by atoms with van der Waals surface area (Å²) in [6, 6.07) is 15.6. The number of halogens is 1. The number of hydrogen-bond acceptors (Lipinski definition) is 6. The summed E-state index contributed by atoms with van der Waals surface area (Å²) < 4.78 is 6.05. The van der Waals surface area contributed by atoms with Crippen molar-refractivity contribution in [2.45, 2.75) is 19.4 Å². The molecule has 144 valence electrons. The summed E-state index contributed by atoms with van der Waals surface area (Å²) in [4.78, 5) is 39.4. The predicted molar refractivity (Wildman–Crippen MR) is 109 cm³/mol. The van der Waals surface area contributed by atoms with Gasteiger partial charge < -0.3 is 4.74 Å². The molecule has 2 aromatic carbocycles. The number of rotatable bonds is 5. The molecule has 1 amide bonds. The summed E-state index contributed by atoms with van der Waals surface area (Å²) in [5.74, 6) is -2.42. The monoisotopic (exact) mass is 443 g/mol. The lowest BCUT2D eigenvalue weighted by molar-refractivity contribution is -0.147. The maximum Gasteiger partial charge on any atom is 0.338 e. The number of hydrazone groups is 1. The number of nitrogens with zero attached hydrogens (tertiary/aromatic N) is 2. The van der Waals surface area contributed by atoms with Crippen molar-refractivity contribution >= 4 is 50.7 Å². The fourth-order valence-electron chi connectivity index (χ4n) is 2.95. The van der Waals surface area contributed by atoms with Gasteiger partial charge in [-0.3, -0.25) is 19.9 Å². The molecule has 0 aromatic heterocycles. The van der Waals surface area contributed by atoms with Gasteiger partial charge in [0.1, 0.15) is 0 Å². The minimum Gasteiger partial charge on any atom is -0.464 e. The minimum atomic E-state index is -1.69. The van der Waals surface area contributed by atoms with Gasteiger partial charge in [0.2, 0.25) is 0 Å². The van der Waals surface area contributed by atoms with Crippen LogP contribution in [0.1, 0.15) is 13.8 Å². The van der Waals surface area contributed by atoms with Crippen LogP contribution in [0.4, 0.5) is 11.4 Å². The van der Waals surface area contributed by atoms with Gasteiger partial charge in [0, 0.05) is 10.2 Å². The maximum atomic E-state index is 12.8. The van der Waals surface area contributed by atoms with Crippen LogP contribution in [0.2, 0.25) is 0 Å². The van der Waals surface area contributed by atoms with E-state index in [1.54, 1.807) is 61.5 Å². The number of amides is 1. The molecular weight excluding hydrogens is 426 g/mol. The van der Waals surface area contributed by atoms with Gasteiger partial charge in [-0.05, 0) is 50.2 Å². The molecule has 1 aliphatic heterocycles. The second-order valence-corrected chi connectivity index (χ2v) is 7.09. The van der Waals surface area contributed by atoms with E-state index in [1.807, 2.05) is 0 Å². The fourth-order valence-corrected chi connectivity index (χ4v) is 3.21. The number of benzene rings is 2. The van der Waals surface area contributed by atoms with Crippen LogP contribution in [0.15, 0.2) is 64.2 Å². The van der Waals surface area contributed by atoms with Crippen molar-refractivity contribution in [2.75, 3.05) is 16.9 Å². The number of esters is 1. The number of ketones is 1. The summed E-state index contributed by atoms with van der Waals surface area (Å²) >= 11 is 3.34. The Hall–Kier alpha value is -3.00. The first-order chi connectivity index (χ1) is 13.4. The molecule has 0 aliphatic carbocycles. The molecule has 0 saturated carbocycles. The van der Waals surface area contributed by atoms with E-state index in [0.29, 0.717) is 11.4 Å². The molecule has 1 fully saturated rings. The molecule has 7 nitrogen and oxygen atoms in total. The summed E-state index contributed by atoms with van der Waals surface area (Å²) in [6.07, 6.45) is 0. The normalized spacial score (nSPS) is 20.5. The average Bonchev–Trinajstić information content (AvgIpc) is 2.89.